The molecule has 0 N–H and O–H groups in total. The summed E-state index contributed by atoms with van der Waals surface area (Å²) in [6.45, 7) is 0. The number of hydrogen-bond donors (Lipinski definition) is 0. The van der Waals surface area contributed by atoms with E-state index in [1.54, 1.807) is 12.7 Å². The molecular weight excluding hydrogens is 264 g/mol. The van der Waals surface area contributed by atoms with E-state index >= 15 is 0 Å². The van der Waals surface area contributed by atoms with Crippen molar-refractivity contribution < 1.29 is 4.74 Å². The summed E-state index contributed by atoms with van der Waals surface area (Å²) in [5.41, 5.74) is 2.84. The fourth-order valence-electron chi connectivity index (χ4n) is 2.20. The largest absolute Gasteiger partial charge is 0.497 e. The second kappa shape index (κ2) is 6.19. The van der Waals surface area contributed by atoms with Gasteiger partial charge in [-0.05, 0) is 42.2 Å². The van der Waals surface area contributed by atoms with Crippen LogP contribution >= 0.6 is 11.8 Å². The highest BCUT2D eigenvalue weighted by Gasteiger charge is 2.29. The monoisotopic (exact) mass is 282 g/mol. The Bertz CT molecular complexity index is 587. The van der Waals surface area contributed by atoms with E-state index in [0.29, 0.717) is 0 Å². The summed E-state index contributed by atoms with van der Waals surface area (Å²) in [7, 11) is 1.70. The number of benzene rings is 2. The van der Waals surface area contributed by atoms with Crippen molar-refractivity contribution in [3.05, 3.63) is 65.7 Å². The van der Waals surface area contributed by atoms with Crippen LogP contribution in [0.25, 0.3) is 6.08 Å². The zero-order valence-electron chi connectivity index (χ0n) is 11.6. The van der Waals surface area contributed by atoms with Crippen molar-refractivity contribution in [2.24, 2.45) is 5.92 Å². The smallest absolute Gasteiger partial charge is 0.118 e. The summed E-state index contributed by atoms with van der Waals surface area (Å²) in [6, 6.07) is 18.9. The number of hydrogen-bond acceptors (Lipinski definition) is 2. The summed E-state index contributed by atoms with van der Waals surface area (Å²) in [5.74, 6) is 2.85. The van der Waals surface area contributed by atoms with Crippen LogP contribution in [0.1, 0.15) is 12.0 Å². The van der Waals surface area contributed by atoms with E-state index in [-0.39, 0.29) is 0 Å². The van der Waals surface area contributed by atoms with Gasteiger partial charge in [0.2, 0.25) is 0 Å². The third-order valence-corrected chi connectivity index (χ3v) is 4.68. The lowest BCUT2D eigenvalue weighted by Crippen LogP contribution is -1.82. The van der Waals surface area contributed by atoms with Crippen molar-refractivity contribution in [2.75, 3.05) is 12.9 Å². The van der Waals surface area contributed by atoms with Crippen molar-refractivity contribution in [3.8, 4) is 5.75 Å². The molecule has 0 bridgehead atoms. The Balaban J connectivity index is 1.54. The molecule has 1 aliphatic rings. The molecular formula is C18H18OS. The third kappa shape index (κ3) is 3.45. The standard InChI is InChI=1S/C18H18OS/c1-19-17-9-7-14(8-10-17)11-15-12-16(15)13-20-18-5-3-2-4-6-18/h2-11,16H,12-13H2,1H3/b15-11+. The number of methoxy groups -OCH3 is 1. The second-order valence-electron chi connectivity index (χ2n) is 5.02. The third-order valence-electron chi connectivity index (χ3n) is 3.51. The van der Waals surface area contributed by atoms with Gasteiger partial charge in [0, 0.05) is 10.6 Å². The molecule has 0 amide bonds. The molecule has 0 heterocycles. The predicted molar refractivity (Wildman–Crippen MR) is 86.2 cm³/mol. The summed E-state index contributed by atoms with van der Waals surface area (Å²) in [5, 5.41) is 0. The number of ether oxygens (including phenoxy) is 1. The fraction of sp³-hybridized carbons (Fsp3) is 0.222. The molecule has 0 radical (unpaired) electrons. The number of allylic oxidation sites excluding steroid dienone is 1. The average molecular weight is 282 g/mol. The molecule has 1 aliphatic carbocycles. The Kier molecular flexibility index (Phi) is 4.12. The van der Waals surface area contributed by atoms with Crippen LogP contribution in [-0.4, -0.2) is 12.9 Å². The molecule has 1 atom stereocenters. The topological polar surface area (TPSA) is 9.23 Å². The van der Waals surface area contributed by atoms with Gasteiger partial charge in [-0.2, -0.15) is 0 Å². The lowest BCUT2D eigenvalue weighted by atomic mass is 10.2. The zero-order chi connectivity index (χ0) is 13.8. The quantitative estimate of drug-likeness (QED) is 0.722. The predicted octanol–water partition coefficient (Wildman–Crippen LogP) is 4.89. The highest BCUT2D eigenvalue weighted by molar-refractivity contribution is 7.99. The highest BCUT2D eigenvalue weighted by Crippen LogP contribution is 2.42. The highest BCUT2D eigenvalue weighted by atomic mass is 32.2. The zero-order valence-corrected chi connectivity index (χ0v) is 12.4. The average Bonchev–Trinajstić information content (AvgIpc) is 3.25. The van der Waals surface area contributed by atoms with Crippen molar-refractivity contribution in [1.29, 1.82) is 0 Å². The van der Waals surface area contributed by atoms with Crippen molar-refractivity contribution in [2.45, 2.75) is 11.3 Å². The Morgan fingerprint density at radius 3 is 2.55 bits per heavy atom. The molecule has 0 saturated heterocycles. The van der Waals surface area contributed by atoms with Gasteiger partial charge in [0.15, 0.2) is 0 Å². The van der Waals surface area contributed by atoms with Crippen LogP contribution in [-0.2, 0) is 0 Å². The van der Waals surface area contributed by atoms with Gasteiger partial charge in [0.1, 0.15) is 5.75 Å². The molecule has 0 spiro atoms. The minimum absolute atomic E-state index is 0.752. The van der Waals surface area contributed by atoms with Crippen molar-refractivity contribution >= 4 is 17.8 Å². The Morgan fingerprint density at radius 2 is 1.85 bits per heavy atom. The van der Waals surface area contributed by atoms with E-state index in [0.717, 1.165) is 11.7 Å². The molecule has 1 unspecified atom stereocenters. The van der Waals surface area contributed by atoms with E-state index in [4.69, 9.17) is 4.74 Å². The van der Waals surface area contributed by atoms with E-state index in [9.17, 15) is 0 Å². The van der Waals surface area contributed by atoms with Crippen molar-refractivity contribution in [1.82, 2.24) is 0 Å². The van der Waals surface area contributed by atoms with Crippen LogP contribution in [0.4, 0.5) is 0 Å². The van der Waals surface area contributed by atoms with Gasteiger partial charge in [-0.15, -0.1) is 11.8 Å². The summed E-state index contributed by atoms with van der Waals surface area (Å²) < 4.78 is 5.17. The van der Waals surface area contributed by atoms with E-state index in [1.165, 1.54) is 22.6 Å². The van der Waals surface area contributed by atoms with Gasteiger partial charge in [0.05, 0.1) is 7.11 Å². The van der Waals surface area contributed by atoms with Crippen LogP contribution in [0, 0.1) is 5.92 Å². The maximum atomic E-state index is 5.17. The first-order valence-electron chi connectivity index (χ1n) is 6.87. The lowest BCUT2D eigenvalue weighted by molar-refractivity contribution is 0.415. The molecule has 2 heteroatoms. The first-order valence-corrected chi connectivity index (χ1v) is 7.86. The normalized spacial score (nSPS) is 19.1. The number of rotatable bonds is 5. The summed E-state index contributed by atoms with van der Waals surface area (Å²) >= 11 is 1.95. The van der Waals surface area contributed by atoms with Gasteiger partial charge in [-0.1, -0.05) is 42.0 Å². The fourth-order valence-corrected chi connectivity index (χ4v) is 3.27. The maximum Gasteiger partial charge on any atom is 0.118 e. The second-order valence-corrected chi connectivity index (χ2v) is 6.11. The summed E-state index contributed by atoms with van der Waals surface area (Å²) in [6.07, 6.45) is 3.56. The van der Waals surface area contributed by atoms with Crippen LogP contribution in [0.2, 0.25) is 0 Å². The Hall–Kier alpha value is -1.67. The molecule has 1 fully saturated rings. The molecule has 0 aliphatic heterocycles. The summed E-state index contributed by atoms with van der Waals surface area (Å²) in [4.78, 5) is 1.36. The van der Waals surface area contributed by atoms with E-state index in [1.807, 2.05) is 23.9 Å². The van der Waals surface area contributed by atoms with Crippen LogP contribution in [0.3, 0.4) is 0 Å². The molecule has 1 nitrogen and oxygen atoms in total. The molecule has 3 rings (SSSR count). The molecule has 2 aromatic carbocycles. The molecule has 2 aromatic rings. The Morgan fingerprint density at radius 1 is 1.10 bits per heavy atom. The first kappa shape index (κ1) is 13.3. The van der Waals surface area contributed by atoms with E-state index in [2.05, 4.69) is 48.5 Å². The maximum absolute atomic E-state index is 5.17. The van der Waals surface area contributed by atoms with Gasteiger partial charge < -0.3 is 4.74 Å². The first-order chi connectivity index (χ1) is 9.85. The Labute approximate surface area is 124 Å². The molecule has 1 saturated carbocycles. The molecule has 20 heavy (non-hydrogen) atoms. The molecule has 0 aromatic heterocycles. The van der Waals surface area contributed by atoms with Crippen LogP contribution in [0.15, 0.2) is 65.1 Å². The van der Waals surface area contributed by atoms with Crippen LogP contribution in [0.5, 0.6) is 5.75 Å². The number of thioether (sulfide) groups is 1. The minimum atomic E-state index is 0.752. The van der Waals surface area contributed by atoms with Crippen molar-refractivity contribution in [3.63, 3.8) is 0 Å². The van der Waals surface area contributed by atoms with Gasteiger partial charge in [-0.3, -0.25) is 0 Å². The minimum Gasteiger partial charge on any atom is -0.497 e. The van der Waals surface area contributed by atoms with Gasteiger partial charge in [0.25, 0.3) is 0 Å². The van der Waals surface area contributed by atoms with Gasteiger partial charge >= 0.3 is 0 Å². The van der Waals surface area contributed by atoms with E-state index < -0.39 is 0 Å². The SMILES string of the molecule is COc1ccc(/C=C2\CC2CSc2ccccc2)cc1. The molecule has 102 valence electrons. The van der Waals surface area contributed by atoms with Gasteiger partial charge in [-0.25, -0.2) is 0 Å². The van der Waals surface area contributed by atoms with Crippen LogP contribution < -0.4 is 4.74 Å². The lowest BCUT2D eigenvalue weighted by Gasteiger charge is -1.99.